The maximum atomic E-state index is 12.8. The van der Waals surface area contributed by atoms with Crippen molar-refractivity contribution in [3.8, 4) is 0 Å². The van der Waals surface area contributed by atoms with Crippen LogP contribution in [0.15, 0.2) is 52.3 Å². The maximum Gasteiger partial charge on any atom is 0.491 e. The summed E-state index contributed by atoms with van der Waals surface area (Å²) in [6.45, 7) is 0.456. The molecule has 1 N–H and O–H groups in total. The van der Waals surface area contributed by atoms with Gasteiger partial charge in [-0.05, 0) is 47.4 Å². The third kappa shape index (κ3) is 2.29. The highest BCUT2D eigenvalue weighted by atomic mass is 32.2. The Kier molecular flexibility index (Phi) is 3.12. The number of hydrogen-bond acceptors (Lipinski definition) is 3. The van der Waals surface area contributed by atoms with Crippen LogP contribution in [0.1, 0.15) is 5.56 Å². The van der Waals surface area contributed by atoms with E-state index < -0.39 is 7.12 Å². The Hall–Kier alpha value is -1.30. The second-order valence-corrected chi connectivity index (χ2v) is 5.23. The molecule has 1 aliphatic rings. The van der Waals surface area contributed by atoms with Crippen molar-refractivity contribution >= 4 is 24.3 Å². The summed E-state index contributed by atoms with van der Waals surface area (Å²) in [5.41, 5.74) is 1.84. The summed E-state index contributed by atoms with van der Waals surface area (Å²) in [6, 6.07) is 12.2. The first-order chi connectivity index (χ1) is 8.72. The van der Waals surface area contributed by atoms with E-state index in [0.29, 0.717) is 6.61 Å². The molecule has 0 amide bonds. The van der Waals surface area contributed by atoms with Gasteiger partial charge in [0.2, 0.25) is 0 Å². The van der Waals surface area contributed by atoms with Crippen LogP contribution in [0.5, 0.6) is 0 Å². The molecule has 5 heteroatoms. The lowest BCUT2D eigenvalue weighted by molar-refractivity contribution is 0.275. The Morgan fingerprint density at radius 1 is 1.11 bits per heavy atom. The van der Waals surface area contributed by atoms with E-state index in [-0.39, 0.29) is 5.82 Å². The normalized spacial score (nSPS) is 13.8. The van der Waals surface area contributed by atoms with Gasteiger partial charge in [-0.2, -0.15) is 0 Å². The van der Waals surface area contributed by atoms with E-state index in [4.69, 9.17) is 4.65 Å². The van der Waals surface area contributed by atoms with Gasteiger partial charge in [0.15, 0.2) is 0 Å². The molecule has 90 valence electrons. The highest BCUT2D eigenvalue weighted by Gasteiger charge is 2.27. The average Bonchev–Trinajstić information content (AvgIpc) is 2.74. The molecule has 0 aliphatic carbocycles. The van der Waals surface area contributed by atoms with E-state index in [0.717, 1.165) is 20.8 Å². The second kappa shape index (κ2) is 4.76. The molecular weight excluding hydrogens is 250 g/mol. The van der Waals surface area contributed by atoms with Crippen LogP contribution in [0, 0.1) is 5.82 Å². The van der Waals surface area contributed by atoms with E-state index in [9.17, 15) is 9.41 Å². The number of halogens is 1. The number of hydrogen-bond donors (Lipinski definition) is 1. The molecule has 3 rings (SSSR count). The smallest absolute Gasteiger partial charge is 0.423 e. The quantitative estimate of drug-likeness (QED) is 0.839. The van der Waals surface area contributed by atoms with Crippen LogP contribution in [0.2, 0.25) is 0 Å². The van der Waals surface area contributed by atoms with E-state index in [1.165, 1.54) is 23.9 Å². The van der Waals surface area contributed by atoms with Crippen molar-refractivity contribution in [1.82, 2.24) is 0 Å². The zero-order chi connectivity index (χ0) is 12.5. The van der Waals surface area contributed by atoms with Gasteiger partial charge in [-0.1, -0.05) is 17.8 Å². The summed E-state index contributed by atoms with van der Waals surface area (Å²) in [4.78, 5) is 1.97. The first kappa shape index (κ1) is 11.8. The minimum absolute atomic E-state index is 0.239. The lowest BCUT2D eigenvalue weighted by Crippen LogP contribution is -2.27. The predicted molar refractivity (Wildman–Crippen MR) is 69.4 cm³/mol. The number of rotatable bonds is 2. The van der Waals surface area contributed by atoms with E-state index in [1.807, 2.05) is 18.2 Å². The van der Waals surface area contributed by atoms with Crippen molar-refractivity contribution < 1.29 is 14.1 Å². The molecule has 1 aliphatic heterocycles. The van der Waals surface area contributed by atoms with E-state index >= 15 is 0 Å². The summed E-state index contributed by atoms with van der Waals surface area (Å²) < 4.78 is 17.9. The zero-order valence-corrected chi connectivity index (χ0v) is 10.3. The van der Waals surface area contributed by atoms with Gasteiger partial charge in [0, 0.05) is 9.79 Å². The summed E-state index contributed by atoms with van der Waals surface area (Å²) in [6.07, 6.45) is 0. The molecule has 2 aromatic rings. The zero-order valence-electron chi connectivity index (χ0n) is 9.47. The highest BCUT2D eigenvalue weighted by molar-refractivity contribution is 7.99. The first-order valence-corrected chi connectivity index (χ1v) is 6.40. The monoisotopic (exact) mass is 260 g/mol. The number of benzene rings is 2. The van der Waals surface area contributed by atoms with Crippen LogP contribution in [0.25, 0.3) is 0 Å². The number of fused-ring (bicyclic) bond motifs is 1. The van der Waals surface area contributed by atoms with Crippen LogP contribution in [0.4, 0.5) is 4.39 Å². The summed E-state index contributed by atoms with van der Waals surface area (Å²) >= 11 is 1.53. The summed E-state index contributed by atoms with van der Waals surface area (Å²) in [5, 5.41) is 9.63. The van der Waals surface area contributed by atoms with Gasteiger partial charge in [-0.15, -0.1) is 0 Å². The van der Waals surface area contributed by atoms with Gasteiger partial charge in [-0.25, -0.2) is 4.39 Å². The Morgan fingerprint density at radius 2 is 1.83 bits per heavy atom. The van der Waals surface area contributed by atoms with Gasteiger partial charge in [0.25, 0.3) is 0 Å². The van der Waals surface area contributed by atoms with Crippen LogP contribution in [-0.2, 0) is 11.3 Å². The van der Waals surface area contributed by atoms with Gasteiger partial charge < -0.3 is 9.68 Å². The van der Waals surface area contributed by atoms with Crippen LogP contribution in [-0.4, -0.2) is 12.1 Å². The molecule has 0 saturated heterocycles. The Labute approximate surface area is 109 Å². The lowest BCUT2D eigenvalue weighted by Gasteiger charge is -2.04. The third-order valence-corrected chi connectivity index (χ3v) is 3.83. The fourth-order valence-electron chi connectivity index (χ4n) is 1.90. The SMILES string of the molecule is OB1OCc2ccc(Sc3ccc(F)cc3)cc21. The molecule has 1 heterocycles. The van der Waals surface area contributed by atoms with Gasteiger partial charge in [0.1, 0.15) is 5.82 Å². The van der Waals surface area contributed by atoms with Crippen molar-refractivity contribution in [1.29, 1.82) is 0 Å². The van der Waals surface area contributed by atoms with Gasteiger partial charge >= 0.3 is 7.12 Å². The highest BCUT2D eigenvalue weighted by Crippen LogP contribution is 2.28. The van der Waals surface area contributed by atoms with Gasteiger partial charge in [0.05, 0.1) is 6.61 Å². The predicted octanol–water partition coefficient (Wildman–Crippen LogP) is 2.19. The maximum absolute atomic E-state index is 12.8. The molecule has 0 spiro atoms. The summed E-state index contributed by atoms with van der Waals surface area (Å²) in [5.74, 6) is -0.239. The minimum Gasteiger partial charge on any atom is -0.423 e. The molecule has 2 nitrogen and oxygen atoms in total. The topological polar surface area (TPSA) is 29.5 Å². The fraction of sp³-hybridized carbons (Fsp3) is 0.0769. The average molecular weight is 260 g/mol. The van der Waals surface area contributed by atoms with Crippen molar-refractivity contribution in [3.05, 3.63) is 53.8 Å². The molecule has 18 heavy (non-hydrogen) atoms. The van der Waals surface area contributed by atoms with Crippen molar-refractivity contribution in [2.24, 2.45) is 0 Å². The van der Waals surface area contributed by atoms with Crippen molar-refractivity contribution in [3.63, 3.8) is 0 Å². The lowest BCUT2D eigenvalue weighted by atomic mass is 9.80. The Bertz CT molecular complexity index is 574. The van der Waals surface area contributed by atoms with Crippen molar-refractivity contribution in [2.75, 3.05) is 0 Å². The molecule has 0 bridgehead atoms. The fourth-order valence-corrected chi connectivity index (χ4v) is 2.76. The third-order valence-electron chi connectivity index (χ3n) is 2.83. The van der Waals surface area contributed by atoms with E-state index in [2.05, 4.69) is 0 Å². The molecule has 0 atom stereocenters. The molecule has 0 radical (unpaired) electrons. The molecule has 0 aromatic heterocycles. The second-order valence-electron chi connectivity index (χ2n) is 4.08. The largest absolute Gasteiger partial charge is 0.491 e. The first-order valence-electron chi connectivity index (χ1n) is 5.58. The standard InChI is InChI=1S/C13H10BFO2S/c15-10-2-5-11(6-3-10)18-12-4-1-9-8-17-14(16)13(9)7-12/h1-7,16H,8H2. The molecule has 0 fully saturated rings. The van der Waals surface area contributed by atoms with Crippen LogP contribution < -0.4 is 5.46 Å². The summed E-state index contributed by atoms with van der Waals surface area (Å²) in [7, 11) is -0.825. The molecule has 0 unspecified atom stereocenters. The van der Waals surface area contributed by atoms with Crippen LogP contribution in [0.3, 0.4) is 0 Å². The Morgan fingerprint density at radius 3 is 2.61 bits per heavy atom. The molecule has 0 saturated carbocycles. The van der Waals surface area contributed by atoms with Crippen molar-refractivity contribution in [2.45, 2.75) is 16.4 Å². The van der Waals surface area contributed by atoms with Gasteiger partial charge in [-0.3, -0.25) is 0 Å². The minimum atomic E-state index is -0.825. The van der Waals surface area contributed by atoms with E-state index in [1.54, 1.807) is 12.1 Å². The molecule has 2 aromatic carbocycles. The molecular formula is C13H10BFO2S. The van der Waals surface area contributed by atoms with Crippen LogP contribution >= 0.6 is 11.8 Å². The Balaban J connectivity index is 1.85.